The van der Waals surface area contributed by atoms with Crippen molar-refractivity contribution in [2.24, 2.45) is 5.92 Å². The molecule has 1 nitrogen and oxygen atoms in total. The van der Waals surface area contributed by atoms with Gasteiger partial charge in [0, 0.05) is 0 Å². The van der Waals surface area contributed by atoms with Crippen molar-refractivity contribution in [3.05, 3.63) is 0 Å². The first kappa shape index (κ1) is 17.7. The lowest BCUT2D eigenvalue weighted by molar-refractivity contribution is 0.199. The van der Waals surface area contributed by atoms with Crippen LogP contribution >= 0.6 is 0 Å². The van der Waals surface area contributed by atoms with E-state index in [1.807, 2.05) is 0 Å². The first-order chi connectivity index (χ1) is 8.14. The van der Waals surface area contributed by atoms with E-state index in [2.05, 4.69) is 53.6 Å². The topological polar surface area (TPSA) is 9.23 Å². The minimum absolute atomic E-state index is 0.00209. The van der Waals surface area contributed by atoms with Crippen molar-refractivity contribution in [2.45, 2.75) is 84.5 Å². The van der Waals surface area contributed by atoms with Crippen LogP contribution in [0.2, 0.25) is 18.1 Å². The summed E-state index contributed by atoms with van der Waals surface area (Å²) in [6.07, 6.45) is 10.5. The van der Waals surface area contributed by atoms with E-state index in [-0.39, 0.29) is 11.1 Å². The zero-order valence-electron chi connectivity index (χ0n) is 13.5. The van der Waals surface area contributed by atoms with Gasteiger partial charge in [0.15, 0.2) is 8.32 Å². The molecule has 0 rings (SSSR count). The van der Waals surface area contributed by atoms with Gasteiger partial charge in [0.1, 0.15) is 6.10 Å². The molecular weight excluding hydrogens is 236 g/mol. The molecule has 0 spiro atoms. The zero-order valence-corrected chi connectivity index (χ0v) is 14.5. The molecule has 18 heavy (non-hydrogen) atoms. The third kappa shape index (κ3) is 6.07. The third-order valence-electron chi connectivity index (χ3n) is 4.10. The highest BCUT2D eigenvalue weighted by Crippen LogP contribution is 2.37. The monoisotopic (exact) mass is 268 g/mol. The van der Waals surface area contributed by atoms with Crippen LogP contribution in [0, 0.1) is 18.3 Å². The highest BCUT2D eigenvalue weighted by Gasteiger charge is 2.39. The van der Waals surface area contributed by atoms with Gasteiger partial charge >= 0.3 is 0 Å². The second kappa shape index (κ2) is 7.36. The van der Waals surface area contributed by atoms with Crippen molar-refractivity contribution < 1.29 is 4.43 Å². The molecule has 0 bridgehead atoms. The van der Waals surface area contributed by atoms with Crippen LogP contribution in [-0.4, -0.2) is 14.4 Å². The predicted octanol–water partition coefficient (Wildman–Crippen LogP) is 5.23. The molecule has 0 saturated carbocycles. The average molecular weight is 269 g/mol. The van der Waals surface area contributed by atoms with Gasteiger partial charge in [-0.05, 0) is 30.5 Å². The molecule has 0 aliphatic rings. The first-order valence-electron chi connectivity index (χ1n) is 7.28. The van der Waals surface area contributed by atoms with Gasteiger partial charge in [0.2, 0.25) is 0 Å². The van der Waals surface area contributed by atoms with Crippen molar-refractivity contribution in [3.63, 3.8) is 0 Å². The van der Waals surface area contributed by atoms with Gasteiger partial charge < -0.3 is 4.43 Å². The molecule has 0 aliphatic heterocycles. The van der Waals surface area contributed by atoms with E-state index in [4.69, 9.17) is 10.8 Å². The zero-order chi connectivity index (χ0) is 14.4. The van der Waals surface area contributed by atoms with Gasteiger partial charge in [-0.25, -0.2) is 0 Å². The van der Waals surface area contributed by atoms with Crippen LogP contribution in [-0.2, 0) is 4.43 Å². The summed E-state index contributed by atoms with van der Waals surface area (Å²) in [5.41, 5.74) is 0. The number of unbranched alkanes of at least 4 members (excludes halogenated alkanes) is 1. The van der Waals surface area contributed by atoms with Crippen LogP contribution < -0.4 is 0 Å². The van der Waals surface area contributed by atoms with Crippen molar-refractivity contribution in [1.29, 1.82) is 0 Å². The summed E-state index contributed by atoms with van der Waals surface area (Å²) in [5, 5.41) is 0.231. The van der Waals surface area contributed by atoms with Gasteiger partial charge in [0.05, 0.1) is 0 Å². The molecule has 0 N–H and O–H groups in total. The van der Waals surface area contributed by atoms with Crippen molar-refractivity contribution >= 4 is 8.32 Å². The summed E-state index contributed by atoms with van der Waals surface area (Å²) in [6.45, 7) is 15.8. The van der Waals surface area contributed by atoms with E-state index in [1.54, 1.807) is 0 Å². The molecule has 0 unspecified atom stereocenters. The summed E-state index contributed by atoms with van der Waals surface area (Å²) in [4.78, 5) is 0. The Kier molecular flexibility index (Phi) is 7.25. The van der Waals surface area contributed by atoms with Crippen LogP contribution in [0.4, 0.5) is 0 Å². The molecule has 2 heteroatoms. The molecular formula is C16H32OSi. The Bertz CT molecular complexity index is 270. The molecule has 0 aromatic heterocycles. The molecule has 0 fully saturated rings. The maximum Gasteiger partial charge on any atom is 0.193 e. The number of hydrogen-bond acceptors (Lipinski definition) is 1. The Labute approximate surface area is 116 Å². The fraction of sp³-hybridized carbons (Fsp3) is 0.875. The second-order valence-electron chi connectivity index (χ2n) is 7.02. The first-order valence-corrected chi connectivity index (χ1v) is 10.2. The standard InChI is InChI=1S/C16H32OSi/c1-9-11-12-14(3)13-15(10-2)17-18(7,8)16(4,5)6/h2,14-15H,9,11-13H2,1,3-8H3/t14-,15+/m0/s1. The number of rotatable bonds is 7. The summed E-state index contributed by atoms with van der Waals surface area (Å²) in [7, 11) is -1.73. The summed E-state index contributed by atoms with van der Waals surface area (Å²) in [5.74, 6) is 3.51. The van der Waals surface area contributed by atoms with E-state index in [0.717, 1.165) is 6.42 Å². The molecule has 2 atom stereocenters. The van der Waals surface area contributed by atoms with Crippen LogP contribution in [0.25, 0.3) is 0 Å². The molecule has 0 amide bonds. The maximum atomic E-state index is 6.30. The lowest BCUT2D eigenvalue weighted by Gasteiger charge is -2.38. The SMILES string of the molecule is C#C[C@H](C[C@@H](C)CCCC)O[Si](C)(C)C(C)(C)C. The molecule has 0 saturated heterocycles. The summed E-state index contributed by atoms with van der Waals surface area (Å²) >= 11 is 0. The Morgan fingerprint density at radius 2 is 1.83 bits per heavy atom. The molecule has 0 radical (unpaired) electrons. The van der Waals surface area contributed by atoms with E-state index < -0.39 is 8.32 Å². The normalized spacial score (nSPS) is 16.1. The fourth-order valence-electron chi connectivity index (χ4n) is 1.72. The Morgan fingerprint density at radius 1 is 1.28 bits per heavy atom. The smallest absolute Gasteiger partial charge is 0.193 e. The quantitative estimate of drug-likeness (QED) is 0.454. The van der Waals surface area contributed by atoms with E-state index in [9.17, 15) is 0 Å². The van der Waals surface area contributed by atoms with E-state index in [1.165, 1.54) is 19.3 Å². The highest BCUT2D eigenvalue weighted by atomic mass is 28.4. The van der Waals surface area contributed by atoms with Gasteiger partial charge in [-0.3, -0.25) is 0 Å². The average Bonchev–Trinajstić information content (AvgIpc) is 2.23. The van der Waals surface area contributed by atoms with E-state index in [0.29, 0.717) is 5.92 Å². The largest absolute Gasteiger partial charge is 0.403 e. The lowest BCUT2D eigenvalue weighted by Crippen LogP contribution is -2.44. The molecule has 106 valence electrons. The maximum absolute atomic E-state index is 6.30. The minimum atomic E-state index is -1.73. The molecule has 0 aromatic carbocycles. The van der Waals surface area contributed by atoms with Crippen LogP contribution in [0.15, 0.2) is 0 Å². The van der Waals surface area contributed by atoms with Gasteiger partial charge in [-0.2, -0.15) is 0 Å². The Morgan fingerprint density at radius 3 is 2.22 bits per heavy atom. The Balaban J connectivity index is 4.41. The van der Waals surface area contributed by atoms with Gasteiger partial charge in [-0.15, -0.1) is 6.42 Å². The molecule has 0 heterocycles. The Hall–Kier alpha value is -0.263. The van der Waals surface area contributed by atoms with Crippen LogP contribution in [0.3, 0.4) is 0 Å². The van der Waals surface area contributed by atoms with Crippen molar-refractivity contribution in [2.75, 3.05) is 0 Å². The van der Waals surface area contributed by atoms with Crippen molar-refractivity contribution in [1.82, 2.24) is 0 Å². The molecule has 0 aromatic rings. The van der Waals surface area contributed by atoms with Gasteiger partial charge in [0.25, 0.3) is 0 Å². The van der Waals surface area contributed by atoms with Crippen molar-refractivity contribution in [3.8, 4) is 12.3 Å². The highest BCUT2D eigenvalue weighted by molar-refractivity contribution is 6.74. The van der Waals surface area contributed by atoms with E-state index >= 15 is 0 Å². The third-order valence-corrected chi connectivity index (χ3v) is 8.58. The second-order valence-corrected chi connectivity index (χ2v) is 11.8. The van der Waals surface area contributed by atoms with Crippen LogP contribution in [0.1, 0.15) is 60.3 Å². The number of hydrogen-bond donors (Lipinski definition) is 0. The summed E-state index contributed by atoms with van der Waals surface area (Å²) in [6, 6.07) is 0. The lowest BCUT2D eigenvalue weighted by atomic mass is 9.98. The number of terminal acetylenes is 1. The predicted molar refractivity (Wildman–Crippen MR) is 84.2 cm³/mol. The van der Waals surface area contributed by atoms with Gasteiger partial charge in [-0.1, -0.05) is 59.8 Å². The fourth-order valence-corrected chi connectivity index (χ4v) is 2.95. The minimum Gasteiger partial charge on any atom is -0.403 e. The summed E-state index contributed by atoms with van der Waals surface area (Å²) < 4.78 is 6.30. The molecule has 0 aliphatic carbocycles. The van der Waals surface area contributed by atoms with Crippen LogP contribution in [0.5, 0.6) is 0 Å².